The van der Waals surface area contributed by atoms with Crippen molar-refractivity contribution in [1.29, 1.82) is 0 Å². The van der Waals surface area contributed by atoms with Gasteiger partial charge in [-0.3, -0.25) is 0 Å². The van der Waals surface area contributed by atoms with Crippen LogP contribution >= 0.6 is 11.3 Å². The summed E-state index contributed by atoms with van der Waals surface area (Å²) in [6.45, 7) is 0.283. The molecule has 0 N–H and O–H groups in total. The van der Waals surface area contributed by atoms with E-state index in [-0.39, 0.29) is 12.6 Å². The Labute approximate surface area is 140 Å². The molecule has 23 heavy (non-hydrogen) atoms. The molecule has 1 aromatic heterocycles. The van der Waals surface area contributed by atoms with Crippen LogP contribution in [-0.2, 0) is 16.6 Å². The van der Waals surface area contributed by atoms with E-state index in [9.17, 15) is 8.42 Å². The zero-order chi connectivity index (χ0) is 16.4. The van der Waals surface area contributed by atoms with E-state index in [0.717, 1.165) is 18.4 Å². The second-order valence-corrected chi connectivity index (χ2v) is 8.46. The third-order valence-electron chi connectivity index (χ3n) is 3.83. The Morgan fingerprint density at radius 1 is 1.22 bits per heavy atom. The summed E-state index contributed by atoms with van der Waals surface area (Å²) in [5, 5.41) is 1.78. The Bertz CT molecular complexity index is 767. The van der Waals surface area contributed by atoms with Gasteiger partial charge >= 0.3 is 0 Å². The molecule has 1 aliphatic rings. The van der Waals surface area contributed by atoms with E-state index < -0.39 is 10.0 Å². The van der Waals surface area contributed by atoms with Crippen molar-refractivity contribution in [1.82, 2.24) is 4.31 Å². The minimum Gasteiger partial charge on any atom is -0.497 e. The highest BCUT2D eigenvalue weighted by Gasteiger charge is 2.39. The second-order valence-electron chi connectivity index (χ2n) is 5.39. The average molecular weight is 353 g/mol. The lowest BCUT2D eigenvalue weighted by atomic mass is 10.2. The Morgan fingerprint density at radius 2 is 2.00 bits per heavy atom. The third kappa shape index (κ3) is 3.36. The molecule has 7 heteroatoms. The van der Waals surface area contributed by atoms with E-state index in [2.05, 4.69) is 0 Å². The first-order valence-electron chi connectivity index (χ1n) is 7.32. The molecule has 0 bridgehead atoms. The fraction of sp³-hybridized carbons (Fsp3) is 0.375. The highest BCUT2D eigenvalue weighted by atomic mass is 32.2. The predicted octanol–water partition coefficient (Wildman–Crippen LogP) is 3.12. The third-order valence-corrected chi connectivity index (χ3v) is 7.10. The van der Waals surface area contributed by atoms with Crippen molar-refractivity contribution in [3.8, 4) is 11.5 Å². The van der Waals surface area contributed by atoms with Crippen molar-refractivity contribution in [3.05, 3.63) is 41.3 Å². The fourth-order valence-corrected chi connectivity index (χ4v) is 5.25. The lowest BCUT2D eigenvalue weighted by molar-refractivity contribution is 0.370. The van der Waals surface area contributed by atoms with Crippen molar-refractivity contribution in [3.63, 3.8) is 0 Å². The summed E-state index contributed by atoms with van der Waals surface area (Å²) in [6, 6.07) is 8.91. The van der Waals surface area contributed by atoms with Gasteiger partial charge in [-0.2, -0.15) is 4.31 Å². The lowest BCUT2D eigenvalue weighted by Gasteiger charge is -2.22. The molecule has 5 nitrogen and oxygen atoms in total. The molecule has 1 heterocycles. The number of thiophene rings is 1. The molecule has 0 atom stereocenters. The van der Waals surface area contributed by atoms with Crippen LogP contribution in [0.3, 0.4) is 0 Å². The van der Waals surface area contributed by atoms with Gasteiger partial charge in [0.1, 0.15) is 15.7 Å². The summed E-state index contributed by atoms with van der Waals surface area (Å²) < 4.78 is 38.4. The van der Waals surface area contributed by atoms with E-state index in [1.165, 1.54) is 11.3 Å². The Kier molecular flexibility index (Phi) is 4.61. The van der Waals surface area contributed by atoms with Crippen LogP contribution in [0.2, 0.25) is 0 Å². The van der Waals surface area contributed by atoms with Crippen molar-refractivity contribution in [2.24, 2.45) is 0 Å². The number of nitrogens with zero attached hydrogens (tertiary/aromatic N) is 1. The quantitative estimate of drug-likeness (QED) is 0.767. The fourth-order valence-electron chi connectivity index (χ4n) is 2.47. The number of methoxy groups -OCH3 is 2. The monoisotopic (exact) mass is 353 g/mol. The van der Waals surface area contributed by atoms with Crippen molar-refractivity contribution in [2.75, 3.05) is 14.2 Å². The molecule has 1 aliphatic carbocycles. The Morgan fingerprint density at radius 3 is 2.57 bits per heavy atom. The van der Waals surface area contributed by atoms with Crippen molar-refractivity contribution >= 4 is 21.4 Å². The Hall–Kier alpha value is -1.57. The summed E-state index contributed by atoms with van der Waals surface area (Å²) in [6.07, 6.45) is 1.80. The van der Waals surface area contributed by atoms with E-state index in [0.29, 0.717) is 15.7 Å². The number of rotatable bonds is 7. The Balaban J connectivity index is 1.95. The standard InChI is InChI=1S/C16H19NO4S2/c1-20-14-7-8-15(21-2)12(10-14)11-17(13-5-6-13)23(18,19)16-4-3-9-22-16/h3-4,7-10,13H,5-6,11H2,1-2H3. The van der Waals surface area contributed by atoms with E-state index in [1.54, 1.807) is 48.2 Å². The molecule has 0 radical (unpaired) electrons. The molecule has 1 saturated carbocycles. The topological polar surface area (TPSA) is 55.8 Å². The van der Waals surface area contributed by atoms with E-state index in [4.69, 9.17) is 9.47 Å². The summed E-state index contributed by atoms with van der Waals surface area (Å²) in [5.74, 6) is 1.35. The van der Waals surface area contributed by atoms with Gasteiger partial charge in [-0.1, -0.05) is 6.07 Å². The smallest absolute Gasteiger partial charge is 0.253 e. The number of hydrogen-bond donors (Lipinski definition) is 0. The first-order valence-corrected chi connectivity index (χ1v) is 9.64. The first-order chi connectivity index (χ1) is 11.1. The maximum Gasteiger partial charge on any atom is 0.253 e. The summed E-state index contributed by atoms with van der Waals surface area (Å²) in [4.78, 5) is 0. The summed E-state index contributed by atoms with van der Waals surface area (Å²) >= 11 is 1.25. The SMILES string of the molecule is COc1ccc(OC)c(CN(C2CC2)S(=O)(=O)c2cccs2)c1. The lowest BCUT2D eigenvalue weighted by Crippen LogP contribution is -2.32. The molecular formula is C16H19NO4S2. The number of benzene rings is 1. The van der Waals surface area contributed by atoms with Crippen molar-refractivity contribution in [2.45, 2.75) is 29.6 Å². The van der Waals surface area contributed by atoms with Gasteiger partial charge in [-0.05, 0) is 42.5 Å². The molecule has 0 spiro atoms. The minimum absolute atomic E-state index is 0.0676. The highest BCUT2D eigenvalue weighted by Crippen LogP contribution is 2.36. The zero-order valence-corrected chi connectivity index (χ0v) is 14.7. The normalized spacial score (nSPS) is 14.9. The van der Waals surface area contributed by atoms with Gasteiger partial charge in [0.15, 0.2) is 0 Å². The molecule has 0 saturated heterocycles. The van der Waals surface area contributed by atoms with Gasteiger partial charge in [-0.25, -0.2) is 8.42 Å². The van der Waals surface area contributed by atoms with Gasteiger partial charge < -0.3 is 9.47 Å². The first kappa shape index (κ1) is 16.3. The predicted molar refractivity (Wildman–Crippen MR) is 89.6 cm³/mol. The number of sulfonamides is 1. The molecule has 3 rings (SSSR count). The van der Waals surface area contributed by atoms with Crippen LogP contribution < -0.4 is 9.47 Å². The average Bonchev–Trinajstić information content (AvgIpc) is 3.23. The van der Waals surface area contributed by atoms with Crippen LogP contribution in [0.5, 0.6) is 11.5 Å². The maximum atomic E-state index is 12.9. The second kappa shape index (κ2) is 6.51. The van der Waals surface area contributed by atoms with Crippen LogP contribution in [0.4, 0.5) is 0 Å². The van der Waals surface area contributed by atoms with Crippen LogP contribution in [0.15, 0.2) is 39.9 Å². The van der Waals surface area contributed by atoms with Crippen LogP contribution in [0.25, 0.3) is 0 Å². The molecule has 0 aliphatic heterocycles. The minimum atomic E-state index is -3.48. The van der Waals surface area contributed by atoms with E-state index in [1.807, 2.05) is 6.07 Å². The molecule has 0 amide bonds. The van der Waals surface area contributed by atoms with Gasteiger partial charge in [0.05, 0.1) is 14.2 Å². The maximum absolute atomic E-state index is 12.9. The molecule has 1 aromatic carbocycles. The largest absolute Gasteiger partial charge is 0.497 e. The molecule has 0 unspecified atom stereocenters. The number of ether oxygens (including phenoxy) is 2. The van der Waals surface area contributed by atoms with E-state index >= 15 is 0 Å². The van der Waals surface area contributed by atoms with Crippen LogP contribution in [0.1, 0.15) is 18.4 Å². The van der Waals surface area contributed by atoms with Gasteiger partial charge in [-0.15, -0.1) is 11.3 Å². The summed E-state index contributed by atoms with van der Waals surface area (Å²) in [5.41, 5.74) is 0.805. The summed E-state index contributed by atoms with van der Waals surface area (Å²) in [7, 11) is -0.308. The molecule has 124 valence electrons. The van der Waals surface area contributed by atoms with Gasteiger partial charge in [0.25, 0.3) is 10.0 Å². The van der Waals surface area contributed by atoms with Crippen LogP contribution in [0, 0.1) is 0 Å². The molecule has 1 fully saturated rings. The number of hydrogen-bond acceptors (Lipinski definition) is 5. The highest BCUT2D eigenvalue weighted by molar-refractivity contribution is 7.91. The van der Waals surface area contributed by atoms with Gasteiger partial charge in [0.2, 0.25) is 0 Å². The zero-order valence-electron chi connectivity index (χ0n) is 13.1. The molecular weight excluding hydrogens is 334 g/mol. The van der Waals surface area contributed by atoms with Gasteiger partial charge in [0, 0.05) is 18.2 Å². The molecule has 2 aromatic rings. The van der Waals surface area contributed by atoms with Crippen LogP contribution in [-0.4, -0.2) is 33.0 Å². The van der Waals surface area contributed by atoms with Crippen molar-refractivity contribution < 1.29 is 17.9 Å².